The number of carbonyl (C=O) groups excluding carboxylic acids is 1. The van der Waals surface area contributed by atoms with Crippen molar-refractivity contribution in [3.8, 4) is 0 Å². The smallest absolute Gasteiger partial charge is 0.261 e. The van der Waals surface area contributed by atoms with E-state index < -0.39 is 0 Å². The van der Waals surface area contributed by atoms with Crippen molar-refractivity contribution in [2.24, 2.45) is 0 Å². The summed E-state index contributed by atoms with van der Waals surface area (Å²) in [5.74, 6) is -0.0317. The number of hydrogen-bond donors (Lipinski definition) is 2. The van der Waals surface area contributed by atoms with Crippen LogP contribution in [0.25, 0.3) is 0 Å². The van der Waals surface area contributed by atoms with Crippen molar-refractivity contribution in [1.82, 2.24) is 15.5 Å². The highest BCUT2D eigenvalue weighted by atomic mass is 32.1. The van der Waals surface area contributed by atoms with Crippen LogP contribution in [0.3, 0.4) is 0 Å². The van der Waals surface area contributed by atoms with Gasteiger partial charge in [0.25, 0.3) is 5.91 Å². The molecule has 16 heavy (non-hydrogen) atoms. The van der Waals surface area contributed by atoms with Crippen molar-refractivity contribution < 1.29 is 4.79 Å². The molecule has 0 fully saturated rings. The van der Waals surface area contributed by atoms with Crippen LogP contribution in [0.15, 0.2) is 18.3 Å². The van der Waals surface area contributed by atoms with Gasteiger partial charge in [0.05, 0.1) is 17.1 Å². The van der Waals surface area contributed by atoms with Gasteiger partial charge in [-0.3, -0.25) is 9.89 Å². The lowest BCUT2D eigenvalue weighted by Crippen LogP contribution is -2.21. The van der Waals surface area contributed by atoms with Gasteiger partial charge >= 0.3 is 0 Å². The second-order valence-corrected chi connectivity index (χ2v) is 4.87. The number of rotatable bonds is 3. The third kappa shape index (κ3) is 2.30. The number of nitrogens with zero attached hydrogens (tertiary/aromatic N) is 1. The Labute approximate surface area is 97.7 Å². The predicted octanol–water partition coefficient (Wildman–Crippen LogP) is 2.02. The Morgan fingerprint density at radius 1 is 1.56 bits per heavy atom. The third-order valence-electron chi connectivity index (χ3n) is 2.39. The lowest BCUT2D eigenvalue weighted by Gasteiger charge is -2.00. The van der Waals surface area contributed by atoms with Crippen molar-refractivity contribution in [3.05, 3.63) is 39.3 Å². The molecule has 0 spiro atoms. The zero-order chi connectivity index (χ0) is 11.5. The van der Waals surface area contributed by atoms with Gasteiger partial charge in [-0.2, -0.15) is 5.10 Å². The fraction of sp³-hybridized carbons (Fsp3) is 0.273. The number of aromatic nitrogens is 2. The first-order valence-corrected chi connectivity index (χ1v) is 5.82. The Bertz CT molecular complexity index is 468. The highest BCUT2D eigenvalue weighted by molar-refractivity contribution is 7.14. The maximum absolute atomic E-state index is 11.8. The molecule has 0 aliphatic carbocycles. The molecule has 2 rings (SSSR count). The van der Waals surface area contributed by atoms with Crippen LogP contribution in [0.1, 0.15) is 25.8 Å². The maximum Gasteiger partial charge on any atom is 0.261 e. The Morgan fingerprint density at radius 3 is 2.94 bits per heavy atom. The van der Waals surface area contributed by atoms with Crippen LogP contribution in [0.4, 0.5) is 0 Å². The Kier molecular flexibility index (Phi) is 3.05. The third-order valence-corrected chi connectivity index (χ3v) is 3.54. The minimum absolute atomic E-state index is 0.0317. The number of nitrogens with one attached hydrogen (secondary N) is 2. The molecule has 2 N–H and O–H groups in total. The summed E-state index contributed by atoms with van der Waals surface area (Å²) in [5, 5.41) is 9.46. The summed E-state index contributed by atoms with van der Waals surface area (Å²) in [7, 11) is 0. The molecule has 0 aliphatic heterocycles. The van der Waals surface area contributed by atoms with E-state index in [9.17, 15) is 4.79 Å². The fourth-order valence-electron chi connectivity index (χ4n) is 1.33. The van der Waals surface area contributed by atoms with E-state index in [1.165, 1.54) is 16.2 Å². The van der Waals surface area contributed by atoms with Gasteiger partial charge in [-0.15, -0.1) is 11.3 Å². The van der Waals surface area contributed by atoms with Crippen molar-refractivity contribution in [2.75, 3.05) is 0 Å². The summed E-state index contributed by atoms with van der Waals surface area (Å²) in [6.45, 7) is 4.51. The Balaban J connectivity index is 1.98. The van der Waals surface area contributed by atoms with Crippen LogP contribution in [-0.4, -0.2) is 16.1 Å². The van der Waals surface area contributed by atoms with Gasteiger partial charge in [-0.25, -0.2) is 0 Å². The number of carbonyl (C=O) groups is 1. The van der Waals surface area contributed by atoms with E-state index in [1.54, 1.807) is 6.20 Å². The Morgan fingerprint density at radius 2 is 2.38 bits per heavy atom. The molecular formula is C11H13N3OS. The molecule has 0 saturated carbocycles. The molecule has 5 heteroatoms. The summed E-state index contributed by atoms with van der Waals surface area (Å²) in [6, 6.07) is 3.76. The summed E-state index contributed by atoms with van der Waals surface area (Å²) in [6.07, 6.45) is 1.67. The monoisotopic (exact) mass is 235 g/mol. The molecule has 0 aromatic carbocycles. The van der Waals surface area contributed by atoms with E-state index in [4.69, 9.17) is 0 Å². The van der Waals surface area contributed by atoms with Gasteiger partial charge in [0.15, 0.2) is 0 Å². The molecule has 2 aromatic heterocycles. The molecule has 0 atom stereocenters. The molecule has 0 saturated heterocycles. The van der Waals surface area contributed by atoms with E-state index in [0.717, 1.165) is 16.1 Å². The first-order valence-electron chi connectivity index (χ1n) is 5.00. The second kappa shape index (κ2) is 4.49. The quantitative estimate of drug-likeness (QED) is 0.855. The molecule has 0 unspecified atom stereocenters. The second-order valence-electron chi connectivity index (χ2n) is 3.61. The molecule has 0 bridgehead atoms. The number of aryl methyl sites for hydroxylation is 2. The molecule has 84 valence electrons. The number of H-pyrrole nitrogens is 1. The van der Waals surface area contributed by atoms with Crippen molar-refractivity contribution in [3.63, 3.8) is 0 Å². The first kappa shape index (κ1) is 10.9. The lowest BCUT2D eigenvalue weighted by atomic mass is 10.3. The number of aromatic amines is 1. The molecule has 0 aliphatic rings. The number of thiophene rings is 1. The van der Waals surface area contributed by atoms with Crippen LogP contribution >= 0.6 is 11.3 Å². The average Bonchev–Trinajstić information content (AvgIpc) is 2.86. The van der Waals surface area contributed by atoms with Crippen molar-refractivity contribution in [2.45, 2.75) is 20.4 Å². The molecule has 4 nitrogen and oxygen atoms in total. The number of hydrogen-bond acceptors (Lipinski definition) is 3. The van der Waals surface area contributed by atoms with Crippen LogP contribution in [-0.2, 0) is 6.54 Å². The normalized spacial score (nSPS) is 10.4. The summed E-state index contributed by atoms with van der Waals surface area (Å²) in [4.78, 5) is 13.7. The summed E-state index contributed by atoms with van der Waals surface area (Å²) < 4.78 is 0. The van der Waals surface area contributed by atoms with Gasteiger partial charge in [0, 0.05) is 11.1 Å². The van der Waals surface area contributed by atoms with Crippen LogP contribution in [0, 0.1) is 13.8 Å². The standard InChI is InChI=1S/C11H13N3OS/c1-7-5-10(16-8(7)2)11(15)12-6-9-3-4-13-14-9/h3-5H,6H2,1-2H3,(H,12,15)(H,13,14). The molecule has 0 radical (unpaired) electrons. The summed E-state index contributed by atoms with van der Waals surface area (Å²) in [5.41, 5.74) is 2.06. The number of amides is 1. The topological polar surface area (TPSA) is 57.8 Å². The van der Waals surface area contributed by atoms with E-state index in [0.29, 0.717) is 6.54 Å². The van der Waals surface area contributed by atoms with Gasteiger partial charge in [-0.1, -0.05) is 0 Å². The Hall–Kier alpha value is -1.62. The fourth-order valence-corrected chi connectivity index (χ4v) is 2.28. The van der Waals surface area contributed by atoms with E-state index in [1.807, 2.05) is 26.0 Å². The van der Waals surface area contributed by atoms with Crippen LogP contribution in [0.5, 0.6) is 0 Å². The molecular weight excluding hydrogens is 222 g/mol. The van der Waals surface area contributed by atoms with Gasteiger partial charge in [0.2, 0.25) is 0 Å². The molecule has 2 aromatic rings. The summed E-state index contributed by atoms with van der Waals surface area (Å²) >= 11 is 1.52. The SMILES string of the molecule is Cc1cc(C(=O)NCc2ccn[nH]2)sc1C. The zero-order valence-corrected chi connectivity index (χ0v) is 10.0. The highest BCUT2D eigenvalue weighted by Crippen LogP contribution is 2.20. The van der Waals surface area contributed by atoms with E-state index in [2.05, 4.69) is 15.5 Å². The van der Waals surface area contributed by atoms with Crippen molar-refractivity contribution in [1.29, 1.82) is 0 Å². The maximum atomic E-state index is 11.8. The van der Waals surface area contributed by atoms with Gasteiger partial charge in [-0.05, 0) is 31.5 Å². The predicted molar refractivity (Wildman–Crippen MR) is 63.6 cm³/mol. The van der Waals surface area contributed by atoms with E-state index >= 15 is 0 Å². The van der Waals surface area contributed by atoms with Crippen LogP contribution < -0.4 is 5.32 Å². The van der Waals surface area contributed by atoms with Crippen molar-refractivity contribution >= 4 is 17.2 Å². The zero-order valence-electron chi connectivity index (χ0n) is 9.20. The average molecular weight is 235 g/mol. The van der Waals surface area contributed by atoms with E-state index in [-0.39, 0.29) is 5.91 Å². The minimum atomic E-state index is -0.0317. The lowest BCUT2D eigenvalue weighted by molar-refractivity contribution is 0.0954. The largest absolute Gasteiger partial charge is 0.346 e. The molecule has 1 amide bonds. The first-order chi connectivity index (χ1) is 7.66. The molecule has 2 heterocycles. The highest BCUT2D eigenvalue weighted by Gasteiger charge is 2.09. The van der Waals surface area contributed by atoms with Crippen LogP contribution in [0.2, 0.25) is 0 Å². The minimum Gasteiger partial charge on any atom is -0.346 e. The van der Waals surface area contributed by atoms with Gasteiger partial charge < -0.3 is 5.32 Å². The van der Waals surface area contributed by atoms with Gasteiger partial charge in [0.1, 0.15) is 0 Å².